The van der Waals surface area contributed by atoms with Crippen molar-refractivity contribution in [3.63, 3.8) is 0 Å². The molecule has 0 radical (unpaired) electrons. The Kier molecular flexibility index (Phi) is 6.24. The van der Waals surface area contributed by atoms with Gasteiger partial charge in [-0.1, -0.05) is 42.5 Å². The van der Waals surface area contributed by atoms with Crippen molar-refractivity contribution in [2.75, 3.05) is 11.9 Å². The molecule has 0 aliphatic heterocycles. The zero-order chi connectivity index (χ0) is 18.3. The molecule has 0 amide bonds. The number of hydrogen-bond acceptors (Lipinski definition) is 3. The summed E-state index contributed by atoms with van der Waals surface area (Å²) in [5.74, 6) is -0.539. The van der Waals surface area contributed by atoms with E-state index in [2.05, 4.69) is 15.0 Å². The number of aliphatic imine (C=N–C) groups is 1. The fourth-order valence-corrected chi connectivity index (χ4v) is 2.12. The predicted molar refractivity (Wildman–Crippen MR) is 89.4 cm³/mol. The summed E-state index contributed by atoms with van der Waals surface area (Å²) in [6, 6.07) is 14.8. The van der Waals surface area contributed by atoms with Crippen molar-refractivity contribution in [3.05, 3.63) is 60.2 Å². The molecule has 0 heterocycles. The molecule has 2 aromatic carbocycles. The third-order valence-corrected chi connectivity index (χ3v) is 3.16. The lowest BCUT2D eigenvalue weighted by atomic mass is 10.1. The SMILES string of the molecule is NC(=NCC(O)Cc1ccccc1)Nc1ccccc1OC(F)(F)F. The molecular formula is C17H18F3N3O2. The molecule has 2 aromatic rings. The third kappa shape index (κ3) is 6.72. The highest BCUT2D eigenvalue weighted by molar-refractivity contribution is 5.93. The van der Waals surface area contributed by atoms with Crippen LogP contribution in [0.15, 0.2) is 59.6 Å². The van der Waals surface area contributed by atoms with E-state index >= 15 is 0 Å². The molecule has 4 N–H and O–H groups in total. The average Bonchev–Trinajstić information content (AvgIpc) is 2.54. The van der Waals surface area contributed by atoms with Crippen molar-refractivity contribution >= 4 is 11.6 Å². The molecule has 5 nitrogen and oxygen atoms in total. The van der Waals surface area contributed by atoms with Crippen LogP contribution in [0.25, 0.3) is 0 Å². The summed E-state index contributed by atoms with van der Waals surface area (Å²) in [6.07, 6.45) is -5.18. The van der Waals surface area contributed by atoms with Gasteiger partial charge in [0.25, 0.3) is 0 Å². The Morgan fingerprint density at radius 1 is 1.12 bits per heavy atom. The Labute approximate surface area is 143 Å². The molecule has 25 heavy (non-hydrogen) atoms. The molecule has 0 aromatic heterocycles. The van der Waals surface area contributed by atoms with Crippen LogP contribution in [0, 0.1) is 0 Å². The Hall–Kier alpha value is -2.74. The van der Waals surface area contributed by atoms with Crippen LogP contribution < -0.4 is 15.8 Å². The van der Waals surface area contributed by atoms with Gasteiger partial charge in [-0.2, -0.15) is 0 Å². The van der Waals surface area contributed by atoms with Gasteiger partial charge in [0.15, 0.2) is 11.7 Å². The van der Waals surface area contributed by atoms with Gasteiger partial charge in [0.05, 0.1) is 18.3 Å². The minimum atomic E-state index is -4.81. The molecular weight excluding hydrogens is 335 g/mol. The smallest absolute Gasteiger partial charge is 0.404 e. The monoisotopic (exact) mass is 353 g/mol. The summed E-state index contributed by atoms with van der Waals surface area (Å²) < 4.78 is 41.0. The maximum absolute atomic E-state index is 12.4. The Bertz CT molecular complexity index is 706. The molecule has 0 spiro atoms. The summed E-state index contributed by atoms with van der Waals surface area (Å²) in [4.78, 5) is 3.95. The van der Waals surface area contributed by atoms with Crippen LogP contribution in [0.5, 0.6) is 5.75 Å². The molecule has 0 bridgehead atoms. The summed E-state index contributed by atoms with van der Waals surface area (Å²) in [5, 5.41) is 12.5. The Morgan fingerprint density at radius 2 is 1.76 bits per heavy atom. The van der Waals surface area contributed by atoms with Gasteiger partial charge >= 0.3 is 6.36 Å². The Morgan fingerprint density at radius 3 is 2.44 bits per heavy atom. The van der Waals surface area contributed by atoms with Crippen molar-refractivity contribution in [1.82, 2.24) is 0 Å². The van der Waals surface area contributed by atoms with Crippen molar-refractivity contribution in [2.24, 2.45) is 10.7 Å². The Balaban J connectivity index is 1.95. The maximum atomic E-state index is 12.4. The van der Waals surface area contributed by atoms with Crippen molar-refractivity contribution in [2.45, 2.75) is 18.9 Å². The number of halogens is 3. The highest BCUT2D eigenvalue weighted by Crippen LogP contribution is 2.29. The van der Waals surface area contributed by atoms with E-state index in [1.54, 1.807) is 0 Å². The van der Waals surface area contributed by atoms with Gasteiger partial charge in [-0.05, 0) is 17.7 Å². The number of para-hydroxylation sites is 2. The first-order valence-electron chi connectivity index (χ1n) is 7.47. The first-order chi connectivity index (χ1) is 11.8. The van der Waals surface area contributed by atoms with Crippen LogP contribution in [0.1, 0.15) is 5.56 Å². The number of rotatable bonds is 6. The molecule has 134 valence electrons. The molecule has 0 aliphatic rings. The van der Waals surface area contributed by atoms with Gasteiger partial charge < -0.3 is 20.9 Å². The van der Waals surface area contributed by atoms with Gasteiger partial charge in [0, 0.05) is 6.42 Å². The number of guanidine groups is 1. The van der Waals surface area contributed by atoms with Crippen LogP contribution in [-0.2, 0) is 6.42 Å². The second-order valence-corrected chi connectivity index (χ2v) is 5.24. The average molecular weight is 353 g/mol. The van der Waals surface area contributed by atoms with Gasteiger partial charge in [-0.25, -0.2) is 0 Å². The highest BCUT2D eigenvalue weighted by atomic mass is 19.4. The lowest BCUT2D eigenvalue weighted by Gasteiger charge is -2.14. The lowest BCUT2D eigenvalue weighted by Crippen LogP contribution is -2.26. The van der Waals surface area contributed by atoms with Crippen molar-refractivity contribution in [3.8, 4) is 5.75 Å². The van der Waals surface area contributed by atoms with Gasteiger partial charge in [-0.3, -0.25) is 4.99 Å². The molecule has 0 fully saturated rings. The van der Waals surface area contributed by atoms with Crippen LogP contribution in [0.2, 0.25) is 0 Å². The maximum Gasteiger partial charge on any atom is 0.573 e. The molecule has 0 saturated carbocycles. The second-order valence-electron chi connectivity index (χ2n) is 5.24. The molecule has 0 aliphatic carbocycles. The van der Waals surface area contributed by atoms with Gasteiger partial charge in [-0.15, -0.1) is 13.2 Å². The summed E-state index contributed by atoms with van der Waals surface area (Å²) in [6.45, 7) is 0.00994. The van der Waals surface area contributed by atoms with E-state index in [0.29, 0.717) is 6.42 Å². The standard InChI is InChI=1S/C17H18F3N3O2/c18-17(19,20)25-15-9-5-4-8-14(15)23-16(21)22-11-13(24)10-12-6-2-1-3-7-12/h1-9,13,24H,10-11H2,(H3,21,22,23). The number of nitrogens with zero attached hydrogens (tertiary/aromatic N) is 1. The fraction of sp³-hybridized carbons (Fsp3) is 0.235. The van der Waals surface area contributed by atoms with E-state index < -0.39 is 18.2 Å². The number of nitrogens with one attached hydrogen (secondary N) is 1. The number of ether oxygens (including phenoxy) is 1. The number of nitrogens with two attached hydrogens (primary N) is 1. The summed E-state index contributed by atoms with van der Waals surface area (Å²) in [7, 11) is 0. The zero-order valence-corrected chi connectivity index (χ0v) is 13.2. The van der Waals surface area contributed by atoms with Crippen LogP contribution in [0.3, 0.4) is 0 Å². The number of alkyl halides is 3. The molecule has 0 saturated heterocycles. The van der Waals surface area contributed by atoms with E-state index in [1.165, 1.54) is 18.2 Å². The second kappa shape index (κ2) is 8.39. The zero-order valence-electron chi connectivity index (χ0n) is 13.2. The number of aliphatic hydroxyl groups is 1. The first kappa shape index (κ1) is 18.6. The number of anilines is 1. The topological polar surface area (TPSA) is 79.9 Å². The number of benzene rings is 2. The molecule has 1 atom stereocenters. The number of hydrogen-bond donors (Lipinski definition) is 3. The van der Waals surface area contributed by atoms with Gasteiger partial charge in [0.1, 0.15) is 0 Å². The van der Waals surface area contributed by atoms with Crippen molar-refractivity contribution < 1.29 is 23.0 Å². The van der Waals surface area contributed by atoms with Gasteiger partial charge in [0.2, 0.25) is 0 Å². The van der Waals surface area contributed by atoms with E-state index in [0.717, 1.165) is 11.6 Å². The minimum absolute atomic E-state index is 0.00994. The first-order valence-corrected chi connectivity index (χ1v) is 7.47. The predicted octanol–water partition coefficient (Wildman–Crippen LogP) is 2.92. The van der Waals surface area contributed by atoms with Crippen LogP contribution in [-0.4, -0.2) is 30.1 Å². The minimum Gasteiger partial charge on any atom is -0.404 e. The highest BCUT2D eigenvalue weighted by Gasteiger charge is 2.32. The summed E-state index contributed by atoms with van der Waals surface area (Å²) in [5.41, 5.74) is 6.64. The van der Waals surface area contributed by atoms with Crippen LogP contribution >= 0.6 is 0 Å². The van der Waals surface area contributed by atoms with Crippen molar-refractivity contribution in [1.29, 1.82) is 0 Å². The van der Waals surface area contributed by atoms with E-state index in [1.807, 2.05) is 30.3 Å². The fourth-order valence-electron chi connectivity index (χ4n) is 2.12. The third-order valence-electron chi connectivity index (χ3n) is 3.16. The lowest BCUT2D eigenvalue weighted by molar-refractivity contribution is -0.274. The van der Waals surface area contributed by atoms with E-state index in [9.17, 15) is 18.3 Å². The summed E-state index contributed by atoms with van der Waals surface area (Å²) >= 11 is 0. The molecule has 8 heteroatoms. The number of aliphatic hydroxyl groups excluding tert-OH is 1. The molecule has 2 rings (SSSR count). The van der Waals surface area contributed by atoms with Crippen LogP contribution in [0.4, 0.5) is 18.9 Å². The largest absolute Gasteiger partial charge is 0.573 e. The van der Waals surface area contributed by atoms with E-state index in [4.69, 9.17) is 5.73 Å². The molecule has 1 unspecified atom stereocenters. The van der Waals surface area contributed by atoms with E-state index in [-0.39, 0.29) is 18.2 Å². The normalized spacial score (nSPS) is 13.4. The quantitative estimate of drug-likeness (QED) is 0.551.